The van der Waals surface area contributed by atoms with Crippen LogP contribution in [0.2, 0.25) is 5.02 Å². The number of hydrogen-bond acceptors (Lipinski definition) is 6. The molecule has 1 spiro atoms. The van der Waals surface area contributed by atoms with Crippen molar-refractivity contribution in [2.45, 2.75) is 69.9 Å². The van der Waals surface area contributed by atoms with Crippen molar-refractivity contribution >= 4 is 35.0 Å². The summed E-state index contributed by atoms with van der Waals surface area (Å²) < 4.78 is 6.57. The fraction of sp³-hybridized carbons (Fsp3) is 0.553. The molecule has 256 valence electrons. The second-order valence-electron chi connectivity index (χ2n) is 14.6. The molecule has 5 aliphatic rings. The number of ether oxygens (including phenoxy) is 1. The summed E-state index contributed by atoms with van der Waals surface area (Å²) in [4.78, 5) is 49.2. The maximum Gasteiger partial charge on any atom is 0.246 e. The first-order chi connectivity index (χ1) is 23.2. The quantitative estimate of drug-likeness (QED) is 0.359. The first-order valence-electron chi connectivity index (χ1n) is 17.8. The summed E-state index contributed by atoms with van der Waals surface area (Å²) in [5.74, 6) is -1.30. The number of piperazine rings is 1. The van der Waals surface area contributed by atoms with Gasteiger partial charge in [0.2, 0.25) is 17.7 Å². The summed E-state index contributed by atoms with van der Waals surface area (Å²) in [5, 5.41) is 6.83. The Morgan fingerprint density at radius 2 is 1.73 bits per heavy atom. The number of carbonyl (C=O) groups excluding carboxylic acids is 3. The standard InChI is InChI=1S/C38H48ClN5O4/c1-25-9-6-14-30(26(25)2)41-36(46)34-38-16-15-31(48-38)32(35(45)40-29-13-7-12-28(39)23-29)33(38)37(47)44(34)18-8-17-42-19-21-43(22-20-42)24-27-10-4-3-5-11-27/h3-5,7,10-13,15-16,23,25-26,30-34H,6,8-9,14,17-22,24H2,1-2H3,(H,40,45)(H,41,46). The molecule has 1 aliphatic carbocycles. The van der Waals surface area contributed by atoms with Crippen LogP contribution in [0.4, 0.5) is 5.69 Å². The lowest BCUT2D eigenvalue weighted by Gasteiger charge is -2.38. The molecule has 0 radical (unpaired) electrons. The molecule has 7 rings (SSSR count). The molecule has 4 fully saturated rings. The van der Waals surface area contributed by atoms with E-state index in [9.17, 15) is 14.4 Å². The molecule has 4 aliphatic heterocycles. The summed E-state index contributed by atoms with van der Waals surface area (Å²) in [7, 11) is 0. The van der Waals surface area contributed by atoms with Gasteiger partial charge < -0.3 is 25.2 Å². The topological polar surface area (TPSA) is 94.2 Å². The number of nitrogens with zero attached hydrogens (tertiary/aromatic N) is 3. The van der Waals surface area contributed by atoms with Gasteiger partial charge in [0.15, 0.2) is 0 Å². The third-order valence-electron chi connectivity index (χ3n) is 11.6. The van der Waals surface area contributed by atoms with Gasteiger partial charge in [-0.1, -0.05) is 86.8 Å². The molecule has 48 heavy (non-hydrogen) atoms. The van der Waals surface area contributed by atoms with Crippen molar-refractivity contribution in [1.82, 2.24) is 20.0 Å². The average molecular weight is 674 g/mol. The zero-order valence-electron chi connectivity index (χ0n) is 28.0. The van der Waals surface area contributed by atoms with Crippen molar-refractivity contribution in [2.75, 3.05) is 44.6 Å². The number of halogens is 1. The highest BCUT2D eigenvalue weighted by Crippen LogP contribution is 2.55. The molecule has 3 saturated heterocycles. The van der Waals surface area contributed by atoms with Gasteiger partial charge in [-0.2, -0.15) is 0 Å². The number of nitrogens with one attached hydrogen (secondary N) is 2. The van der Waals surface area contributed by atoms with E-state index in [0.29, 0.717) is 29.1 Å². The number of rotatable bonds is 10. The third-order valence-corrected chi connectivity index (χ3v) is 11.9. The van der Waals surface area contributed by atoms with Gasteiger partial charge in [0.1, 0.15) is 11.6 Å². The van der Waals surface area contributed by atoms with Crippen molar-refractivity contribution in [1.29, 1.82) is 0 Å². The van der Waals surface area contributed by atoms with E-state index in [2.05, 4.69) is 58.5 Å². The van der Waals surface area contributed by atoms with Gasteiger partial charge in [0, 0.05) is 56.0 Å². The molecular formula is C38H48ClN5O4. The Balaban J connectivity index is 1.06. The summed E-state index contributed by atoms with van der Waals surface area (Å²) >= 11 is 6.18. The highest BCUT2D eigenvalue weighted by molar-refractivity contribution is 6.30. The van der Waals surface area contributed by atoms with Crippen LogP contribution in [-0.4, -0.2) is 95.5 Å². The fourth-order valence-corrected chi connectivity index (χ4v) is 9.01. The molecule has 3 amide bonds. The van der Waals surface area contributed by atoms with Crippen molar-refractivity contribution in [3.63, 3.8) is 0 Å². The molecule has 2 N–H and O–H groups in total. The Labute approximate surface area is 289 Å². The number of likely N-dealkylation sites (tertiary alicyclic amines) is 1. The van der Waals surface area contributed by atoms with Gasteiger partial charge in [0.25, 0.3) is 0 Å². The first-order valence-corrected chi connectivity index (χ1v) is 18.1. The zero-order chi connectivity index (χ0) is 33.4. The van der Waals surface area contributed by atoms with Crippen LogP contribution in [-0.2, 0) is 25.7 Å². The van der Waals surface area contributed by atoms with E-state index in [1.165, 1.54) is 5.56 Å². The van der Waals surface area contributed by atoms with Crippen LogP contribution in [0.3, 0.4) is 0 Å². The van der Waals surface area contributed by atoms with Gasteiger partial charge in [-0.3, -0.25) is 19.3 Å². The summed E-state index contributed by atoms with van der Waals surface area (Å²) in [6.07, 6.45) is 7.08. The number of anilines is 1. The average Bonchev–Trinajstić information content (AvgIpc) is 3.72. The monoisotopic (exact) mass is 673 g/mol. The van der Waals surface area contributed by atoms with Crippen LogP contribution in [0.5, 0.6) is 0 Å². The Hall–Kier alpha value is -3.24. The Morgan fingerprint density at radius 1 is 0.958 bits per heavy atom. The Morgan fingerprint density at radius 3 is 2.50 bits per heavy atom. The van der Waals surface area contributed by atoms with Gasteiger partial charge in [-0.25, -0.2) is 0 Å². The Bertz CT molecular complexity index is 1530. The zero-order valence-corrected chi connectivity index (χ0v) is 28.8. The SMILES string of the molecule is CC1CCCC(NC(=O)C2N(CCCN3CCN(Cc4ccccc4)CC3)C(=O)C3C(C(=O)Nc4cccc(Cl)c4)C4C=CC32O4)C1C. The molecule has 4 heterocycles. The molecule has 9 nitrogen and oxygen atoms in total. The minimum Gasteiger partial charge on any atom is -0.359 e. The highest BCUT2D eigenvalue weighted by Gasteiger charge is 2.72. The van der Waals surface area contributed by atoms with E-state index in [1.54, 1.807) is 29.2 Å². The summed E-state index contributed by atoms with van der Waals surface area (Å²) in [6.45, 7) is 10.6. The van der Waals surface area contributed by atoms with E-state index in [0.717, 1.165) is 65.0 Å². The maximum atomic E-state index is 14.4. The number of carbonyl (C=O) groups is 3. The van der Waals surface area contributed by atoms with Gasteiger partial charge >= 0.3 is 0 Å². The van der Waals surface area contributed by atoms with Crippen molar-refractivity contribution < 1.29 is 19.1 Å². The third kappa shape index (κ3) is 6.42. The number of fused-ring (bicyclic) bond motifs is 1. The predicted molar refractivity (Wildman–Crippen MR) is 186 cm³/mol. The van der Waals surface area contributed by atoms with Crippen LogP contribution in [0.25, 0.3) is 0 Å². The molecule has 2 bridgehead atoms. The van der Waals surface area contributed by atoms with Gasteiger partial charge in [0.05, 0.1) is 17.9 Å². The molecular weight excluding hydrogens is 626 g/mol. The van der Waals surface area contributed by atoms with E-state index >= 15 is 0 Å². The normalized spacial score (nSPS) is 33.2. The second kappa shape index (κ2) is 13.9. The molecule has 1 saturated carbocycles. The maximum absolute atomic E-state index is 14.4. The fourth-order valence-electron chi connectivity index (χ4n) is 8.82. The van der Waals surface area contributed by atoms with Crippen molar-refractivity contribution in [3.05, 3.63) is 77.3 Å². The van der Waals surface area contributed by atoms with Crippen LogP contribution in [0.15, 0.2) is 66.7 Å². The van der Waals surface area contributed by atoms with Crippen LogP contribution in [0, 0.1) is 23.7 Å². The second-order valence-corrected chi connectivity index (χ2v) is 15.0. The lowest BCUT2D eigenvalue weighted by atomic mass is 9.73. The lowest BCUT2D eigenvalue weighted by Crippen LogP contribution is -2.58. The molecule has 10 heteroatoms. The minimum absolute atomic E-state index is 0.0466. The largest absolute Gasteiger partial charge is 0.359 e. The molecule has 2 aromatic rings. The van der Waals surface area contributed by atoms with E-state index in [4.69, 9.17) is 16.3 Å². The van der Waals surface area contributed by atoms with Crippen LogP contribution >= 0.6 is 11.6 Å². The van der Waals surface area contributed by atoms with Crippen molar-refractivity contribution in [2.24, 2.45) is 23.7 Å². The summed E-state index contributed by atoms with van der Waals surface area (Å²) in [6, 6.07) is 16.8. The molecule has 8 unspecified atom stereocenters. The molecule has 8 atom stereocenters. The number of hydrogen-bond donors (Lipinski definition) is 2. The smallest absolute Gasteiger partial charge is 0.246 e. The van der Waals surface area contributed by atoms with Gasteiger partial charge in [-0.05, 0) is 55.0 Å². The van der Waals surface area contributed by atoms with E-state index < -0.39 is 29.6 Å². The van der Waals surface area contributed by atoms with Gasteiger partial charge in [-0.15, -0.1) is 0 Å². The van der Waals surface area contributed by atoms with Crippen molar-refractivity contribution in [3.8, 4) is 0 Å². The number of amides is 3. The molecule has 0 aromatic heterocycles. The summed E-state index contributed by atoms with van der Waals surface area (Å²) in [5.41, 5.74) is 0.721. The Kier molecular flexibility index (Phi) is 9.66. The minimum atomic E-state index is -1.17. The van der Waals surface area contributed by atoms with Crippen LogP contribution < -0.4 is 10.6 Å². The van der Waals surface area contributed by atoms with E-state index in [1.807, 2.05) is 18.2 Å². The lowest BCUT2D eigenvalue weighted by molar-refractivity contribution is -0.141. The van der Waals surface area contributed by atoms with Crippen LogP contribution in [0.1, 0.15) is 45.1 Å². The highest BCUT2D eigenvalue weighted by atomic mass is 35.5. The molecule has 2 aromatic carbocycles. The predicted octanol–water partition coefficient (Wildman–Crippen LogP) is 4.58. The number of benzene rings is 2. The van der Waals surface area contributed by atoms with E-state index in [-0.39, 0.29) is 23.8 Å². The first kappa shape index (κ1) is 33.3.